The molecule has 1 aromatic heterocycles. The lowest BCUT2D eigenvalue weighted by molar-refractivity contribution is 0.136. The van der Waals surface area contributed by atoms with Gasteiger partial charge in [-0.3, -0.25) is 0 Å². The maximum atomic E-state index is 13.6. The minimum absolute atomic E-state index is 0.240. The first-order valence-electron chi connectivity index (χ1n) is 12.1. The number of nitrogens with zero attached hydrogens (tertiary/aromatic N) is 3. The van der Waals surface area contributed by atoms with Crippen molar-refractivity contribution in [2.24, 2.45) is 11.3 Å². The average molecular weight is 433 g/mol. The Morgan fingerprint density at radius 3 is 2.44 bits per heavy atom. The summed E-state index contributed by atoms with van der Waals surface area (Å²) < 4.78 is 15.5. The Morgan fingerprint density at radius 2 is 1.75 bits per heavy atom. The molecule has 5 heteroatoms. The summed E-state index contributed by atoms with van der Waals surface area (Å²) in [7, 11) is 0. The normalized spacial score (nSPS) is 20.3. The van der Waals surface area contributed by atoms with E-state index in [0.717, 1.165) is 42.4 Å². The van der Waals surface area contributed by atoms with Crippen LogP contribution in [0.5, 0.6) is 0 Å². The van der Waals surface area contributed by atoms with E-state index in [-0.39, 0.29) is 5.82 Å². The van der Waals surface area contributed by atoms with Crippen molar-refractivity contribution < 1.29 is 4.39 Å². The molecule has 2 fully saturated rings. The number of nitrogens with one attached hydrogen (secondary N) is 1. The molecular formula is C27H33FN4. The van der Waals surface area contributed by atoms with Crippen LogP contribution in [-0.2, 0) is 6.42 Å². The van der Waals surface area contributed by atoms with Gasteiger partial charge < -0.3 is 5.32 Å². The molecule has 5 rings (SSSR count). The molecule has 4 nitrogen and oxygen atoms in total. The molecule has 168 valence electrons. The van der Waals surface area contributed by atoms with Crippen molar-refractivity contribution >= 4 is 0 Å². The van der Waals surface area contributed by atoms with Crippen molar-refractivity contribution in [3.8, 4) is 17.1 Å². The summed E-state index contributed by atoms with van der Waals surface area (Å²) in [4.78, 5) is 5.04. The van der Waals surface area contributed by atoms with Crippen molar-refractivity contribution in [1.82, 2.24) is 20.1 Å². The molecule has 1 aliphatic carbocycles. The topological polar surface area (TPSA) is 42.7 Å². The Kier molecular flexibility index (Phi) is 5.85. The predicted octanol–water partition coefficient (Wildman–Crippen LogP) is 5.91. The van der Waals surface area contributed by atoms with E-state index < -0.39 is 0 Å². The van der Waals surface area contributed by atoms with Crippen molar-refractivity contribution in [3.63, 3.8) is 0 Å². The van der Waals surface area contributed by atoms with E-state index in [9.17, 15) is 4.39 Å². The molecule has 0 amide bonds. The van der Waals surface area contributed by atoms with Gasteiger partial charge in [-0.15, -0.1) is 0 Å². The van der Waals surface area contributed by atoms with Gasteiger partial charge in [-0.1, -0.05) is 44.5 Å². The summed E-state index contributed by atoms with van der Waals surface area (Å²) >= 11 is 0. The Balaban J connectivity index is 1.50. The summed E-state index contributed by atoms with van der Waals surface area (Å²) in [5.41, 5.74) is 3.64. The van der Waals surface area contributed by atoms with E-state index in [1.807, 2.05) is 4.68 Å². The van der Waals surface area contributed by atoms with E-state index in [1.165, 1.54) is 49.8 Å². The van der Waals surface area contributed by atoms with Gasteiger partial charge in [-0.25, -0.2) is 14.1 Å². The molecular weight excluding hydrogens is 399 g/mol. The third-order valence-electron chi connectivity index (χ3n) is 7.68. The zero-order valence-electron chi connectivity index (χ0n) is 19.1. The van der Waals surface area contributed by atoms with E-state index in [1.54, 1.807) is 12.1 Å². The molecule has 1 atom stereocenters. The largest absolute Gasteiger partial charge is 0.317 e. The highest BCUT2D eigenvalue weighted by Gasteiger charge is 2.43. The smallest absolute Gasteiger partial charge is 0.163 e. The second-order valence-corrected chi connectivity index (χ2v) is 9.92. The van der Waals surface area contributed by atoms with Crippen LogP contribution in [0.1, 0.15) is 63.3 Å². The number of aromatic nitrogens is 3. The van der Waals surface area contributed by atoms with Crippen LogP contribution in [0.3, 0.4) is 0 Å². The van der Waals surface area contributed by atoms with Gasteiger partial charge >= 0.3 is 0 Å². The van der Waals surface area contributed by atoms with Crippen molar-refractivity contribution in [2.45, 2.75) is 58.3 Å². The Hall–Kier alpha value is -2.53. The monoisotopic (exact) mass is 432 g/mol. The average Bonchev–Trinajstić information content (AvgIpc) is 3.40. The molecule has 1 unspecified atom stereocenters. The quantitative estimate of drug-likeness (QED) is 0.545. The number of hydrogen-bond donors (Lipinski definition) is 1. The molecule has 1 N–H and O–H groups in total. The highest BCUT2D eigenvalue weighted by atomic mass is 19.1. The highest BCUT2D eigenvalue weighted by molar-refractivity contribution is 5.58. The lowest BCUT2D eigenvalue weighted by Crippen LogP contribution is -2.39. The fourth-order valence-electron chi connectivity index (χ4n) is 5.74. The van der Waals surface area contributed by atoms with Crippen LogP contribution in [0.2, 0.25) is 0 Å². The zero-order chi connectivity index (χ0) is 22.1. The molecule has 2 aromatic carbocycles. The third-order valence-corrected chi connectivity index (χ3v) is 7.68. The number of benzene rings is 2. The number of halogens is 1. The van der Waals surface area contributed by atoms with Crippen LogP contribution in [0.15, 0.2) is 48.5 Å². The Morgan fingerprint density at radius 1 is 1.03 bits per heavy atom. The van der Waals surface area contributed by atoms with Gasteiger partial charge in [0, 0.05) is 12.0 Å². The molecule has 0 radical (unpaired) electrons. The summed E-state index contributed by atoms with van der Waals surface area (Å²) in [6.07, 6.45) is 7.36. The van der Waals surface area contributed by atoms with Crippen LogP contribution in [0.25, 0.3) is 17.1 Å². The summed E-state index contributed by atoms with van der Waals surface area (Å²) in [5.74, 6) is 2.63. The Bertz CT molecular complexity index is 1050. The molecule has 1 aliphatic heterocycles. The van der Waals surface area contributed by atoms with E-state index >= 15 is 0 Å². The third kappa shape index (κ3) is 4.11. The zero-order valence-corrected chi connectivity index (χ0v) is 19.1. The summed E-state index contributed by atoms with van der Waals surface area (Å²) in [6.45, 7) is 6.65. The van der Waals surface area contributed by atoms with Crippen molar-refractivity contribution in [1.29, 1.82) is 0 Å². The molecule has 1 spiro atoms. The molecule has 2 aliphatic rings. The van der Waals surface area contributed by atoms with Crippen LogP contribution >= 0.6 is 0 Å². The molecule has 2 heterocycles. The number of rotatable bonds is 5. The summed E-state index contributed by atoms with van der Waals surface area (Å²) in [6, 6.07) is 15.1. The lowest BCUT2D eigenvalue weighted by atomic mass is 9.70. The highest BCUT2D eigenvalue weighted by Crippen LogP contribution is 2.50. The van der Waals surface area contributed by atoms with Crippen LogP contribution in [0, 0.1) is 17.2 Å². The maximum Gasteiger partial charge on any atom is 0.163 e. The molecule has 0 bridgehead atoms. The first kappa shape index (κ1) is 21.3. The van der Waals surface area contributed by atoms with Crippen LogP contribution in [-0.4, -0.2) is 27.9 Å². The second-order valence-electron chi connectivity index (χ2n) is 9.92. The molecule has 1 saturated heterocycles. The van der Waals surface area contributed by atoms with Gasteiger partial charge in [-0.05, 0) is 85.9 Å². The summed E-state index contributed by atoms with van der Waals surface area (Å²) in [5, 5.41) is 8.48. The number of hydrogen-bond acceptors (Lipinski definition) is 3. The van der Waals surface area contributed by atoms with Gasteiger partial charge in [0.2, 0.25) is 0 Å². The predicted molar refractivity (Wildman–Crippen MR) is 126 cm³/mol. The van der Waals surface area contributed by atoms with Gasteiger partial charge in [-0.2, -0.15) is 5.10 Å². The van der Waals surface area contributed by atoms with Crippen molar-refractivity contribution in [2.75, 3.05) is 13.1 Å². The second kappa shape index (κ2) is 8.78. The van der Waals surface area contributed by atoms with Gasteiger partial charge in [0.25, 0.3) is 0 Å². The molecule has 3 aromatic rings. The Labute approximate surface area is 190 Å². The van der Waals surface area contributed by atoms with Crippen LogP contribution in [0.4, 0.5) is 4.39 Å². The number of piperidine rings is 1. The van der Waals surface area contributed by atoms with E-state index in [2.05, 4.69) is 43.4 Å². The SMILES string of the molecule is CC(C)c1ccc(-c2nc(CC3CCCC34CCNCC4)nn2-c2ccc(F)cc2)cc1. The van der Waals surface area contributed by atoms with Gasteiger partial charge in [0.05, 0.1) is 5.69 Å². The first-order chi connectivity index (χ1) is 15.5. The molecule has 32 heavy (non-hydrogen) atoms. The molecule has 1 saturated carbocycles. The van der Waals surface area contributed by atoms with Crippen molar-refractivity contribution in [3.05, 3.63) is 65.7 Å². The minimum Gasteiger partial charge on any atom is -0.317 e. The fraction of sp³-hybridized carbons (Fsp3) is 0.481. The van der Waals surface area contributed by atoms with Crippen LogP contribution < -0.4 is 5.32 Å². The lowest BCUT2D eigenvalue weighted by Gasteiger charge is -2.39. The van der Waals surface area contributed by atoms with Gasteiger partial charge in [0.1, 0.15) is 5.82 Å². The van der Waals surface area contributed by atoms with E-state index in [0.29, 0.717) is 17.3 Å². The first-order valence-corrected chi connectivity index (χ1v) is 12.1. The maximum absolute atomic E-state index is 13.6. The standard InChI is InChI=1S/C27H33FN4/c1-19(2)20-5-7-21(8-6-20)26-30-25(31-32(26)24-11-9-23(28)10-12-24)18-22-4-3-13-27(22)14-16-29-17-15-27/h5-12,19,22,29H,3-4,13-18H2,1-2H3. The fourth-order valence-corrected chi connectivity index (χ4v) is 5.74. The van der Waals surface area contributed by atoms with E-state index in [4.69, 9.17) is 10.1 Å². The van der Waals surface area contributed by atoms with Gasteiger partial charge in [0.15, 0.2) is 11.6 Å². The minimum atomic E-state index is -0.240.